The summed E-state index contributed by atoms with van der Waals surface area (Å²) in [7, 11) is -2.31. The van der Waals surface area contributed by atoms with Gasteiger partial charge in [0.1, 0.15) is 0 Å². The zero-order valence-corrected chi connectivity index (χ0v) is 7.96. The number of carbonyl (C=O) groups is 1. The van der Waals surface area contributed by atoms with E-state index in [0.717, 1.165) is 6.42 Å². The molecule has 0 unspecified atom stereocenters. The van der Waals surface area contributed by atoms with Gasteiger partial charge in [0.2, 0.25) is 0 Å². The van der Waals surface area contributed by atoms with Gasteiger partial charge in [0.25, 0.3) is 0 Å². The van der Waals surface area contributed by atoms with Gasteiger partial charge in [-0.05, 0) is 6.42 Å². The maximum absolute atomic E-state index is 11.1. The smallest absolute Gasteiger partial charge is 0.186 e. The number of carbonyl (C=O) groups excluding carboxylic acids is 1. The summed E-state index contributed by atoms with van der Waals surface area (Å²) in [5, 5.41) is 0.199. The third-order valence-corrected chi connectivity index (χ3v) is 4.67. The Bertz CT molecular complexity index is 258. The molecule has 0 aromatic rings. The average Bonchev–Trinajstić information content (AvgIpc) is 2.08. The van der Waals surface area contributed by atoms with Crippen LogP contribution in [0, 0.1) is 4.78 Å². The minimum absolute atomic E-state index is 0.0621. The van der Waals surface area contributed by atoms with Crippen molar-refractivity contribution in [2.75, 3.05) is 11.5 Å². The van der Waals surface area contributed by atoms with E-state index in [1.165, 1.54) is 18.7 Å². The highest BCUT2D eigenvalue weighted by atomic mass is 32.2. The van der Waals surface area contributed by atoms with Gasteiger partial charge in [-0.2, -0.15) is 0 Å². The molecule has 64 valence electrons. The SMILES string of the molecule is CC(=O)S[C@H]1CC[S@@](=N)(=O)C1. The molecular weight excluding hydrogens is 182 g/mol. The minimum atomic E-state index is -2.31. The summed E-state index contributed by atoms with van der Waals surface area (Å²) in [5.41, 5.74) is 0. The van der Waals surface area contributed by atoms with E-state index in [1.807, 2.05) is 0 Å². The zero-order chi connectivity index (χ0) is 8.48. The van der Waals surface area contributed by atoms with Crippen molar-refractivity contribution in [2.45, 2.75) is 18.6 Å². The monoisotopic (exact) mass is 193 g/mol. The number of rotatable bonds is 1. The van der Waals surface area contributed by atoms with Gasteiger partial charge in [0, 0.05) is 33.4 Å². The van der Waals surface area contributed by atoms with Crippen molar-refractivity contribution < 1.29 is 9.00 Å². The van der Waals surface area contributed by atoms with Crippen molar-refractivity contribution in [1.82, 2.24) is 0 Å². The Morgan fingerprint density at radius 1 is 1.73 bits per heavy atom. The van der Waals surface area contributed by atoms with Crippen LogP contribution in [0.1, 0.15) is 13.3 Å². The van der Waals surface area contributed by atoms with Gasteiger partial charge in [-0.1, -0.05) is 11.8 Å². The molecule has 11 heavy (non-hydrogen) atoms. The lowest BCUT2D eigenvalue weighted by Gasteiger charge is -2.01. The second-order valence-electron chi connectivity index (χ2n) is 2.70. The summed E-state index contributed by atoms with van der Waals surface area (Å²) in [6, 6.07) is 0. The summed E-state index contributed by atoms with van der Waals surface area (Å²) < 4.78 is 18.4. The summed E-state index contributed by atoms with van der Waals surface area (Å²) in [6.45, 7) is 1.51. The van der Waals surface area contributed by atoms with Crippen LogP contribution in [0.25, 0.3) is 0 Å². The lowest BCUT2D eigenvalue weighted by atomic mass is 10.4. The van der Waals surface area contributed by atoms with Crippen LogP contribution in [0.4, 0.5) is 0 Å². The van der Waals surface area contributed by atoms with Crippen molar-refractivity contribution in [3.8, 4) is 0 Å². The number of nitrogens with one attached hydrogen (secondary N) is 1. The van der Waals surface area contributed by atoms with Crippen molar-refractivity contribution in [1.29, 1.82) is 4.78 Å². The second-order valence-corrected chi connectivity index (χ2v) is 6.55. The lowest BCUT2D eigenvalue weighted by molar-refractivity contribution is -0.109. The van der Waals surface area contributed by atoms with Crippen LogP contribution in [0.5, 0.6) is 0 Å². The van der Waals surface area contributed by atoms with Crippen molar-refractivity contribution in [3.05, 3.63) is 0 Å². The van der Waals surface area contributed by atoms with Crippen molar-refractivity contribution in [3.63, 3.8) is 0 Å². The van der Waals surface area contributed by atoms with Crippen LogP contribution >= 0.6 is 11.8 Å². The molecule has 0 aliphatic carbocycles. The average molecular weight is 193 g/mol. The van der Waals surface area contributed by atoms with Gasteiger partial charge in [-0.3, -0.25) is 9.57 Å². The Hall–Kier alpha value is -0.0300. The first-order valence-corrected chi connectivity index (χ1v) is 6.18. The number of thioether (sulfide) groups is 1. The Morgan fingerprint density at radius 2 is 2.36 bits per heavy atom. The molecule has 3 nitrogen and oxygen atoms in total. The molecule has 0 radical (unpaired) electrons. The van der Waals surface area contributed by atoms with Gasteiger partial charge >= 0.3 is 0 Å². The topological polar surface area (TPSA) is 58.0 Å². The van der Waals surface area contributed by atoms with Crippen LogP contribution in [0.15, 0.2) is 0 Å². The molecule has 1 N–H and O–H groups in total. The van der Waals surface area contributed by atoms with Crippen LogP contribution in [0.3, 0.4) is 0 Å². The predicted octanol–water partition coefficient (Wildman–Crippen LogP) is 1.09. The van der Waals surface area contributed by atoms with Gasteiger partial charge < -0.3 is 0 Å². The Morgan fingerprint density at radius 3 is 2.73 bits per heavy atom. The lowest BCUT2D eigenvalue weighted by Crippen LogP contribution is -2.06. The van der Waals surface area contributed by atoms with Crippen LogP contribution in [0.2, 0.25) is 0 Å². The van der Waals surface area contributed by atoms with E-state index in [2.05, 4.69) is 0 Å². The molecule has 1 aliphatic heterocycles. The normalized spacial score (nSPS) is 37.4. The first-order valence-electron chi connectivity index (χ1n) is 3.41. The Balaban J connectivity index is 2.49. The third-order valence-electron chi connectivity index (χ3n) is 1.56. The fourth-order valence-corrected chi connectivity index (χ4v) is 4.50. The molecule has 2 atom stereocenters. The fourth-order valence-electron chi connectivity index (χ4n) is 1.12. The maximum atomic E-state index is 11.1. The molecule has 1 fully saturated rings. The van der Waals surface area contributed by atoms with E-state index in [9.17, 15) is 9.00 Å². The predicted molar refractivity (Wildman–Crippen MR) is 47.3 cm³/mol. The molecule has 0 saturated carbocycles. The summed E-state index contributed by atoms with van der Waals surface area (Å²) in [6.07, 6.45) is 0.757. The standard InChI is InChI=1S/C6H11NO2S2/c1-5(8)10-6-2-3-11(7,9)4-6/h6-7H,2-4H2,1H3/t6-,11+/m0/s1. The molecule has 0 amide bonds. The maximum Gasteiger partial charge on any atom is 0.186 e. The zero-order valence-electron chi connectivity index (χ0n) is 6.33. The molecule has 0 spiro atoms. The summed E-state index contributed by atoms with van der Waals surface area (Å²) >= 11 is 1.23. The third kappa shape index (κ3) is 2.83. The molecule has 0 bridgehead atoms. The highest BCUT2D eigenvalue weighted by Crippen LogP contribution is 2.24. The quantitative estimate of drug-likeness (QED) is 0.678. The van der Waals surface area contributed by atoms with Crippen LogP contribution in [-0.2, 0) is 14.5 Å². The van der Waals surface area contributed by atoms with E-state index >= 15 is 0 Å². The van der Waals surface area contributed by atoms with Gasteiger partial charge in [0.15, 0.2) is 5.12 Å². The Labute approximate surface area is 70.9 Å². The summed E-state index contributed by atoms with van der Waals surface area (Å²) in [5.74, 6) is 0.870. The van der Waals surface area contributed by atoms with E-state index in [1.54, 1.807) is 0 Å². The van der Waals surface area contributed by atoms with E-state index in [4.69, 9.17) is 4.78 Å². The van der Waals surface area contributed by atoms with Gasteiger partial charge in [-0.25, -0.2) is 4.21 Å². The van der Waals surface area contributed by atoms with E-state index in [0.29, 0.717) is 11.5 Å². The van der Waals surface area contributed by atoms with Gasteiger partial charge in [0.05, 0.1) is 0 Å². The van der Waals surface area contributed by atoms with Crippen LogP contribution < -0.4 is 0 Å². The minimum Gasteiger partial charge on any atom is -0.288 e. The van der Waals surface area contributed by atoms with E-state index in [-0.39, 0.29) is 10.4 Å². The molecule has 0 aromatic heterocycles. The largest absolute Gasteiger partial charge is 0.288 e. The highest BCUT2D eigenvalue weighted by Gasteiger charge is 2.26. The highest BCUT2D eigenvalue weighted by molar-refractivity contribution is 8.14. The molecule has 1 aliphatic rings. The second kappa shape index (κ2) is 3.15. The van der Waals surface area contributed by atoms with Gasteiger partial charge in [-0.15, -0.1) is 0 Å². The first kappa shape index (κ1) is 9.06. The van der Waals surface area contributed by atoms with Crippen molar-refractivity contribution in [2.24, 2.45) is 0 Å². The van der Waals surface area contributed by atoms with E-state index < -0.39 is 9.73 Å². The molecule has 1 rings (SSSR count). The van der Waals surface area contributed by atoms with Crippen LogP contribution in [-0.4, -0.2) is 26.1 Å². The molecule has 0 aromatic carbocycles. The molecule has 1 heterocycles. The Kier molecular flexibility index (Phi) is 2.59. The fraction of sp³-hybridized carbons (Fsp3) is 0.833. The molecule has 5 heteroatoms. The number of hydrogen-bond donors (Lipinski definition) is 1. The van der Waals surface area contributed by atoms with Crippen molar-refractivity contribution >= 4 is 26.6 Å². The molecule has 1 saturated heterocycles. The first-order chi connectivity index (χ1) is 4.99. The molecular formula is C6H11NO2S2. The summed E-state index contributed by atoms with van der Waals surface area (Å²) in [4.78, 5) is 10.6. The number of hydrogen-bond acceptors (Lipinski definition) is 4.